The molecule has 0 spiro atoms. The number of hydrogen-bond acceptors (Lipinski definition) is 3. The van der Waals surface area contributed by atoms with Gasteiger partial charge in [-0.1, -0.05) is 12.1 Å². The van der Waals surface area contributed by atoms with Gasteiger partial charge in [0.15, 0.2) is 0 Å². The van der Waals surface area contributed by atoms with Crippen LogP contribution in [0.4, 0.5) is 5.69 Å². The average molecular weight is 261 g/mol. The van der Waals surface area contributed by atoms with Crippen molar-refractivity contribution in [3.8, 4) is 0 Å². The molecule has 1 saturated heterocycles. The maximum atomic E-state index is 6.07. The molecule has 2 rings (SSSR count). The second-order valence-electron chi connectivity index (χ2n) is 6.19. The molecular weight excluding hydrogens is 237 g/mol. The fourth-order valence-corrected chi connectivity index (χ4v) is 2.15. The Bertz CT molecular complexity index is 455. The van der Waals surface area contributed by atoms with E-state index in [2.05, 4.69) is 65.1 Å². The zero-order valence-corrected chi connectivity index (χ0v) is 12.8. The molecule has 0 bridgehead atoms. The van der Waals surface area contributed by atoms with Gasteiger partial charge in [0.1, 0.15) is 0 Å². The predicted octanol–water partition coefficient (Wildman–Crippen LogP) is 2.73. The van der Waals surface area contributed by atoms with Crippen LogP contribution in [0.15, 0.2) is 18.2 Å². The lowest BCUT2D eigenvalue weighted by molar-refractivity contribution is 0.00578. The van der Waals surface area contributed by atoms with E-state index in [1.807, 2.05) is 0 Å². The molecule has 1 N–H and O–H groups in total. The summed E-state index contributed by atoms with van der Waals surface area (Å²) in [6, 6.07) is 6.32. The minimum absolute atomic E-state index is 0.289. The maximum Gasteiger partial charge on any atom is 0.494 e. The highest BCUT2D eigenvalue weighted by Crippen LogP contribution is 2.36. The van der Waals surface area contributed by atoms with Crippen molar-refractivity contribution in [2.24, 2.45) is 0 Å². The molecule has 104 valence electrons. The smallest absolute Gasteiger partial charge is 0.399 e. The lowest BCUT2D eigenvalue weighted by atomic mass is 9.78. The van der Waals surface area contributed by atoms with Gasteiger partial charge in [0.05, 0.1) is 11.2 Å². The van der Waals surface area contributed by atoms with Gasteiger partial charge in [0.25, 0.3) is 0 Å². The molecule has 1 fully saturated rings. The van der Waals surface area contributed by atoms with E-state index in [-0.39, 0.29) is 18.3 Å². The third-order valence-electron chi connectivity index (χ3n) is 4.15. The fraction of sp³-hybridized carbons (Fsp3) is 0.600. The van der Waals surface area contributed by atoms with Crippen LogP contribution < -0.4 is 10.8 Å². The van der Waals surface area contributed by atoms with Crippen LogP contribution in [0.2, 0.25) is 0 Å². The average Bonchev–Trinajstić information content (AvgIpc) is 2.51. The van der Waals surface area contributed by atoms with Crippen LogP contribution in [-0.4, -0.2) is 24.9 Å². The van der Waals surface area contributed by atoms with Crippen LogP contribution in [0.1, 0.15) is 40.2 Å². The van der Waals surface area contributed by atoms with Crippen molar-refractivity contribution in [2.45, 2.75) is 52.7 Å². The van der Waals surface area contributed by atoms with E-state index in [0.29, 0.717) is 0 Å². The molecule has 4 heteroatoms. The normalized spacial score (nSPS) is 20.6. The molecule has 0 saturated carbocycles. The summed E-state index contributed by atoms with van der Waals surface area (Å²) < 4.78 is 12.1. The summed E-state index contributed by atoms with van der Waals surface area (Å²) in [6.45, 7) is 13.4. The lowest BCUT2D eigenvalue weighted by Gasteiger charge is -2.32. The summed E-state index contributed by atoms with van der Waals surface area (Å²) in [4.78, 5) is 0. The number of hydrogen-bond donors (Lipinski definition) is 1. The number of benzene rings is 1. The van der Waals surface area contributed by atoms with Crippen molar-refractivity contribution in [1.82, 2.24) is 0 Å². The van der Waals surface area contributed by atoms with Crippen molar-refractivity contribution in [1.29, 1.82) is 0 Å². The molecule has 3 nitrogen and oxygen atoms in total. The SMILES string of the molecule is CCNc1cc(B2OC(C)(C)C(C)(C)O2)ccc1C. The summed E-state index contributed by atoms with van der Waals surface area (Å²) in [7, 11) is -0.289. The van der Waals surface area contributed by atoms with Gasteiger partial charge in [-0.15, -0.1) is 0 Å². The first-order valence-electron chi connectivity index (χ1n) is 6.97. The summed E-state index contributed by atoms with van der Waals surface area (Å²) in [5, 5.41) is 3.37. The van der Waals surface area contributed by atoms with Crippen molar-refractivity contribution >= 4 is 18.3 Å². The summed E-state index contributed by atoms with van der Waals surface area (Å²) in [5.41, 5.74) is 2.87. The second kappa shape index (κ2) is 4.84. The van der Waals surface area contributed by atoms with E-state index in [0.717, 1.165) is 17.7 Å². The van der Waals surface area contributed by atoms with Gasteiger partial charge in [-0.05, 0) is 58.6 Å². The number of anilines is 1. The number of nitrogens with one attached hydrogen (secondary N) is 1. The minimum atomic E-state index is -0.291. The molecule has 19 heavy (non-hydrogen) atoms. The molecule has 1 aromatic carbocycles. The number of aryl methyl sites for hydroxylation is 1. The maximum absolute atomic E-state index is 6.07. The van der Waals surface area contributed by atoms with E-state index < -0.39 is 0 Å². The first kappa shape index (κ1) is 14.4. The Morgan fingerprint density at radius 2 is 1.68 bits per heavy atom. The zero-order valence-electron chi connectivity index (χ0n) is 12.8. The topological polar surface area (TPSA) is 30.5 Å². The van der Waals surface area contributed by atoms with Crippen LogP contribution in [-0.2, 0) is 9.31 Å². The highest BCUT2D eigenvalue weighted by atomic mass is 16.7. The fourth-order valence-electron chi connectivity index (χ4n) is 2.15. The van der Waals surface area contributed by atoms with E-state index in [4.69, 9.17) is 9.31 Å². The van der Waals surface area contributed by atoms with E-state index in [1.54, 1.807) is 0 Å². The Morgan fingerprint density at radius 3 is 2.21 bits per heavy atom. The third kappa shape index (κ3) is 2.65. The van der Waals surface area contributed by atoms with Gasteiger partial charge < -0.3 is 14.6 Å². The Kier molecular flexibility index (Phi) is 3.67. The van der Waals surface area contributed by atoms with Crippen molar-refractivity contribution in [2.75, 3.05) is 11.9 Å². The minimum Gasteiger partial charge on any atom is -0.399 e. The standard InChI is InChI=1S/C15H24BNO2/c1-7-17-13-10-12(9-8-11(13)2)16-18-14(3,4)15(5,6)19-16/h8-10,17H,7H2,1-6H3. The van der Waals surface area contributed by atoms with Crippen molar-refractivity contribution in [3.05, 3.63) is 23.8 Å². The molecule has 0 radical (unpaired) electrons. The van der Waals surface area contributed by atoms with E-state index in [9.17, 15) is 0 Å². The van der Waals surface area contributed by atoms with E-state index in [1.165, 1.54) is 5.56 Å². The Morgan fingerprint density at radius 1 is 1.11 bits per heavy atom. The molecule has 0 aromatic heterocycles. The molecule has 1 aliphatic rings. The number of rotatable bonds is 3. The van der Waals surface area contributed by atoms with E-state index >= 15 is 0 Å². The molecule has 0 amide bonds. The third-order valence-corrected chi connectivity index (χ3v) is 4.15. The van der Waals surface area contributed by atoms with Crippen LogP contribution in [0.5, 0.6) is 0 Å². The highest BCUT2D eigenvalue weighted by Gasteiger charge is 2.51. The lowest BCUT2D eigenvalue weighted by Crippen LogP contribution is -2.41. The molecule has 1 heterocycles. The van der Waals surface area contributed by atoms with Gasteiger partial charge in [-0.2, -0.15) is 0 Å². The first-order chi connectivity index (χ1) is 8.77. The Hall–Kier alpha value is -0.995. The van der Waals surface area contributed by atoms with Gasteiger partial charge >= 0.3 is 7.12 Å². The highest BCUT2D eigenvalue weighted by molar-refractivity contribution is 6.62. The molecule has 0 aliphatic carbocycles. The quantitative estimate of drug-likeness (QED) is 0.848. The van der Waals surface area contributed by atoms with Crippen molar-refractivity contribution < 1.29 is 9.31 Å². The second-order valence-corrected chi connectivity index (χ2v) is 6.19. The van der Waals surface area contributed by atoms with Gasteiger partial charge in [-0.3, -0.25) is 0 Å². The van der Waals surface area contributed by atoms with Crippen molar-refractivity contribution in [3.63, 3.8) is 0 Å². The Labute approximate surface area is 116 Å². The largest absolute Gasteiger partial charge is 0.494 e. The van der Waals surface area contributed by atoms with Crippen LogP contribution >= 0.6 is 0 Å². The van der Waals surface area contributed by atoms with Crippen LogP contribution in [0.3, 0.4) is 0 Å². The molecule has 1 aliphatic heterocycles. The van der Waals surface area contributed by atoms with Crippen LogP contribution in [0, 0.1) is 6.92 Å². The molecule has 0 atom stereocenters. The monoisotopic (exact) mass is 261 g/mol. The van der Waals surface area contributed by atoms with Gasteiger partial charge in [0, 0.05) is 12.2 Å². The van der Waals surface area contributed by atoms with Crippen LogP contribution in [0.25, 0.3) is 0 Å². The molecule has 1 aromatic rings. The molecule has 0 unspecified atom stereocenters. The Balaban J connectivity index is 2.27. The summed E-state index contributed by atoms with van der Waals surface area (Å²) in [5.74, 6) is 0. The summed E-state index contributed by atoms with van der Waals surface area (Å²) >= 11 is 0. The van der Waals surface area contributed by atoms with Gasteiger partial charge in [-0.25, -0.2) is 0 Å². The predicted molar refractivity (Wildman–Crippen MR) is 81.1 cm³/mol. The first-order valence-corrected chi connectivity index (χ1v) is 6.97. The zero-order chi connectivity index (χ0) is 14.3. The molecular formula is C15H24BNO2. The summed E-state index contributed by atoms with van der Waals surface area (Å²) in [6.07, 6.45) is 0. The van der Waals surface area contributed by atoms with Gasteiger partial charge in [0.2, 0.25) is 0 Å².